The van der Waals surface area contributed by atoms with Crippen molar-refractivity contribution < 1.29 is 14.3 Å². The Morgan fingerprint density at radius 2 is 2.21 bits per heavy atom. The number of rotatable bonds is 5. The van der Waals surface area contributed by atoms with Gasteiger partial charge in [0.1, 0.15) is 5.75 Å². The molecule has 7 nitrogen and oxygen atoms in total. The molecule has 0 aliphatic heterocycles. The molecule has 19 heavy (non-hydrogen) atoms. The fourth-order valence-electron chi connectivity index (χ4n) is 1.50. The van der Waals surface area contributed by atoms with E-state index >= 15 is 0 Å². The normalized spacial score (nSPS) is 10.0. The van der Waals surface area contributed by atoms with Gasteiger partial charge in [0, 0.05) is 0 Å². The van der Waals surface area contributed by atoms with Gasteiger partial charge in [-0.3, -0.25) is 10.1 Å². The molecule has 1 heterocycles. The van der Waals surface area contributed by atoms with Crippen molar-refractivity contribution in [2.24, 2.45) is 0 Å². The number of amides is 1. The number of methoxy groups -OCH3 is 1. The topological polar surface area (TPSA) is 89.1 Å². The molecule has 100 valence electrons. The number of anilines is 1. The number of benzene rings is 1. The van der Waals surface area contributed by atoms with Crippen molar-refractivity contribution >= 4 is 11.9 Å². The molecule has 0 saturated heterocycles. The molecule has 0 aliphatic rings. The lowest BCUT2D eigenvalue weighted by Gasteiger charge is -2.06. The van der Waals surface area contributed by atoms with Gasteiger partial charge < -0.3 is 9.47 Å². The largest absolute Gasteiger partial charge is 0.496 e. The number of H-pyrrole nitrogens is 1. The second-order valence-electron chi connectivity index (χ2n) is 3.55. The molecule has 0 radical (unpaired) electrons. The van der Waals surface area contributed by atoms with Gasteiger partial charge in [-0.1, -0.05) is 12.1 Å². The first-order valence-electron chi connectivity index (χ1n) is 5.74. The Morgan fingerprint density at radius 1 is 1.42 bits per heavy atom. The number of aromatic nitrogens is 3. The highest BCUT2D eigenvalue weighted by molar-refractivity contribution is 6.05. The maximum absolute atomic E-state index is 12.0. The van der Waals surface area contributed by atoms with Crippen LogP contribution in [-0.2, 0) is 0 Å². The minimum atomic E-state index is -0.336. The summed E-state index contributed by atoms with van der Waals surface area (Å²) in [6, 6.07) is 7.10. The first-order valence-corrected chi connectivity index (χ1v) is 5.74. The molecule has 2 rings (SSSR count). The highest BCUT2D eigenvalue weighted by atomic mass is 16.5. The Hall–Kier alpha value is -2.57. The summed E-state index contributed by atoms with van der Waals surface area (Å²) >= 11 is 0. The lowest BCUT2D eigenvalue weighted by atomic mass is 10.2. The molecule has 0 unspecified atom stereocenters. The van der Waals surface area contributed by atoms with Gasteiger partial charge in [0.15, 0.2) is 0 Å². The zero-order valence-electron chi connectivity index (χ0n) is 10.6. The highest BCUT2D eigenvalue weighted by Crippen LogP contribution is 2.18. The molecule has 0 spiro atoms. The molecular weight excluding hydrogens is 248 g/mol. The van der Waals surface area contributed by atoms with Gasteiger partial charge in [-0.25, -0.2) is 5.10 Å². The zero-order valence-corrected chi connectivity index (χ0v) is 10.6. The van der Waals surface area contributed by atoms with Crippen molar-refractivity contribution in [3.63, 3.8) is 0 Å². The Morgan fingerprint density at radius 3 is 2.95 bits per heavy atom. The van der Waals surface area contributed by atoms with E-state index in [9.17, 15) is 4.79 Å². The first-order chi connectivity index (χ1) is 9.24. The second-order valence-corrected chi connectivity index (χ2v) is 3.55. The number of nitrogens with one attached hydrogen (secondary N) is 2. The summed E-state index contributed by atoms with van der Waals surface area (Å²) in [4.78, 5) is 16.0. The summed E-state index contributed by atoms with van der Waals surface area (Å²) in [5.41, 5.74) is 0.416. The Balaban J connectivity index is 2.11. The summed E-state index contributed by atoms with van der Waals surface area (Å²) in [6.07, 6.45) is 0. The van der Waals surface area contributed by atoms with Crippen molar-refractivity contribution in [2.45, 2.75) is 6.92 Å². The van der Waals surface area contributed by atoms with Crippen LogP contribution in [0.3, 0.4) is 0 Å². The van der Waals surface area contributed by atoms with Crippen molar-refractivity contribution in [1.82, 2.24) is 15.2 Å². The van der Waals surface area contributed by atoms with E-state index < -0.39 is 0 Å². The third kappa shape index (κ3) is 3.01. The third-order valence-corrected chi connectivity index (χ3v) is 2.32. The maximum Gasteiger partial charge on any atom is 0.337 e. The number of hydrogen-bond donors (Lipinski definition) is 2. The summed E-state index contributed by atoms with van der Waals surface area (Å²) in [7, 11) is 1.51. The van der Waals surface area contributed by atoms with E-state index in [0.29, 0.717) is 17.9 Å². The Labute approximate surface area is 110 Å². The van der Waals surface area contributed by atoms with E-state index in [2.05, 4.69) is 20.5 Å². The summed E-state index contributed by atoms with van der Waals surface area (Å²) in [6.45, 7) is 2.28. The number of ether oxygens (including phenoxy) is 2. The SMILES string of the molecule is CCOc1n[nH]c(NC(=O)c2ccccc2OC)n1. The van der Waals surface area contributed by atoms with E-state index in [1.807, 2.05) is 6.92 Å². The van der Waals surface area contributed by atoms with Crippen LogP contribution in [0.2, 0.25) is 0 Å². The van der Waals surface area contributed by atoms with Crippen molar-refractivity contribution in [3.05, 3.63) is 29.8 Å². The Bertz CT molecular complexity index is 568. The highest BCUT2D eigenvalue weighted by Gasteiger charge is 2.13. The summed E-state index contributed by atoms with van der Waals surface area (Å²) < 4.78 is 10.2. The fraction of sp³-hybridized carbons (Fsp3) is 0.250. The first kappa shape index (κ1) is 12.9. The molecule has 0 fully saturated rings. The van der Waals surface area contributed by atoms with E-state index in [1.54, 1.807) is 24.3 Å². The van der Waals surface area contributed by atoms with Crippen LogP contribution in [0.25, 0.3) is 0 Å². The quantitative estimate of drug-likeness (QED) is 0.851. The van der Waals surface area contributed by atoms with Crippen LogP contribution >= 0.6 is 0 Å². The number of carbonyl (C=O) groups excluding carboxylic acids is 1. The molecule has 0 bridgehead atoms. The second kappa shape index (κ2) is 5.85. The van der Waals surface area contributed by atoms with Crippen molar-refractivity contribution in [3.8, 4) is 11.8 Å². The predicted octanol–water partition coefficient (Wildman–Crippen LogP) is 1.46. The zero-order chi connectivity index (χ0) is 13.7. The maximum atomic E-state index is 12.0. The standard InChI is InChI=1S/C12H14N4O3/c1-3-19-12-14-11(15-16-12)13-10(17)8-6-4-5-7-9(8)18-2/h4-7H,3H2,1-2H3,(H2,13,14,15,16,17). The van der Waals surface area contributed by atoms with Gasteiger partial charge in [0.25, 0.3) is 5.91 Å². The molecule has 0 atom stereocenters. The van der Waals surface area contributed by atoms with E-state index in [0.717, 1.165) is 0 Å². The number of aromatic amines is 1. The summed E-state index contributed by atoms with van der Waals surface area (Å²) in [5, 5.41) is 8.94. The molecule has 2 aromatic rings. The Kier molecular flexibility index (Phi) is 3.97. The third-order valence-electron chi connectivity index (χ3n) is 2.32. The van der Waals surface area contributed by atoms with Gasteiger partial charge in [-0.05, 0) is 19.1 Å². The summed E-state index contributed by atoms with van der Waals surface area (Å²) in [5.74, 6) is 0.376. The van der Waals surface area contributed by atoms with Crippen LogP contribution < -0.4 is 14.8 Å². The minimum Gasteiger partial charge on any atom is -0.496 e. The molecule has 1 amide bonds. The molecule has 2 N–H and O–H groups in total. The molecule has 0 saturated carbocycles. The molecular formula is C12H14N4O3. The smallest absolute Gasteiger partial charge is 0.337 e. The van der Waals surface area contributed by atoms with Crippen LogP contribution in [0.15, 0.2) is 24.3 Å². The van der Waals surface area contributed by atoms with Gasteiger partial charge in [-0.15, -0.1) is 5.10 Å². The van der Waals surface area contributed by atoms with Crippen LogP contribution in [0.1, 0.15) is 17.3 Å². The molecule has 0 aliphatic carbocycles. The van der Waals surface area contributed by atoms with Gasteiger partial charge >= 0.3 is 6.01 Å². The molecule has 1 aromatic carbocycles. The fourth-order valence-corrected chi connectivity index (χ4v) is 1.50. The molecule has 7 heteroatoms. The van der Waals surface area contributed by atoms with Crippen LogP contribution in [0.5, 0.6) is 11.8 Å². The number of hydrogen-bond acceptors (Lipinski definition) is 5. The lowest BCUT2D eigenvalue weighted by molar-refractivity contribution is 0.102. The predicted molar refractivity (Wildman–Crippen MR) is 68.5 cm³/mol. The number of para-hydroxylation sites is 1. The van der Waals surface area contributed by atoms with Crippen LogP contribution in [-0.4, -0.2) is 34.8 Å². The number of carbonyl (C=O) groups is 1. The van der Waals surface area contributed by atoms with E-state index in [-0.39, 0.29) is 17.9 Å². The molecule has 1 aromatic heterocycles. The van der Waals surface area contributed by atoms with E-state index in [4.69, 9.17) is 9.47 Å². The average molecular weight is 262 g/mol. The van der Waals surface area contributed by atoms with Crippen LogP contribution in [0.4, 0.5) is 5.95 Å². The average Bonchev–Trinajstić information content (AvgIpc) is 2.86. The van der Waals surface area contributed by atoms with Crippen molar-refractivity contribution in [1.29, 1.82) is 0 Å². The van der Waals surface area contributed by atoms with Gasteiger partial charge in [0.2, 0.25) is 5.95 Å². The van der Waals surface area contributed by atoms with E-state index in [1.165, 1.54) is 7.11 Å². The van der Waals surface area contributed by atoms with Gasteiger partial charge in [-0.2, -0.15) is 4.98 Å². The monoisotopic (exact) mass is 262 g/mol. The minimum absolute atomic E-state index is 0.192. The lowest BCUT2D eigenvalue weighted by Crippen LogP contribution is -2.14. The van der Waals surface area contributed by atoms with Gasteiger partial charge in [0.05, 0.1) is 19.3 Å². The number of nitrogens with zero attached hydrogens (tertiary/aromatic N) is 2. The van der Waals surface area contributed by atoms with Crippen LogP contribution in [0, 0.1) is 0 Å². The van der Waals surface area contributed by atoms with Crippen molar-refractivity contribution in [2.75, 3.05) is 19.0 Å².